The Morgan fingerprint density at radius 2 is 1.90 bits per heavy atom. The number of carbonyl (C=O) groups is 2. The van der Waals surface area contributed by atoms with E-state index >= 15 is 0 Å². The zero-order chi connectivity index (χ0) is 21.7. The van der Waals surface area contributed by atoms with E-state index in [1.807, 2.05) is 0 Å². The van der Waals surface area contributed by atoms with Gasteiger partial charge < -0.3 is 15.2 Å². The number of nitrogens with zero attached hydrogens (tertiary/aromatic N) is 3. The fourth-order valence-corrected chi connectivity index (χ4v) is 3.30. The van der Waals surface area contributed by atoms with Gasteiger partial charge in [0.1, 0.15) is 11.6 Å². The van der Waals surface area contributed by atoms with Crippen LogP contribution in [0.4, 0.5) is 14.5 Å². The highest BCUT2D eigenvalue weighted by Gasteiger charge is 2.15. The number of thioether (sulfide) groups is 1. The van der Waals surface area contributed by atoms with Crippen LogP contribution >= 0.6 is 11.8 Å². The number of halogens is 2. The molecule has 0 fully saturated rings. The van der Waals surface area contributed by atoms with Gasteiger partial charge in [-0.1, -0.05) is 30.0 Å². The van der Waals surface area contributed by atoms with Crippen molar-refractivity contribution >= 4 is 29.3 Å². The van der Waals surface area contributed by atoms with Crippen LogP contribution in [0.15, 0.2) is 47.6 Å². The Morgan fingerprint density at radius 1 is 1.13 bits per heavy atom. The van der Waals surface area contributed by atoms with E-state index in [0.717, 1.165) is 17.3 Å². The molecule has 1 heterocycles. The molecule has 0 spiro atoms. The third-order valence-corrected chi connectivity index (χ3v) is 5.28. The van der Waals surface area contributed by atoms with Crippen LogP contribution in [-0.4, -0.2) is 32.3 Å². The van der Waals surface area contributed by atoms with Gasteiger partial charge in [-0.2, -0.15) is 0 Å². The maximum absolute atomic E-state index is 13.7. The zero-order valence-electron chi connectivity index (χ0n) is 16.3. The summed E-state index contributed by atoms with van der Waals surface area (Å²) in [5.41, 5.74) is 1.11. The molecule has 2 N–H and O–H groups in total. The molecule has 3 aromatic rings. The molecular weight excluding hydrogens is 412 g/mol. The molecular formula is C20H19F2N5O2S. The molecule has 0 saturated carbocycles. The highest BCUT2D eigenvalue weighted by Crippen LogP contribution is 2.19. The fraction of sp³-hybridized carbons (Fsp3) is 0.200. The maximum Gasteiger partial charge on any atom is 0.254 e. The van der Waals surface area contributed by atoms with Crippen LogP contribution in [0.1, 0.15) is 21.7 Å². The number of aryl methyl sites for hydroxylation is 1. The van der Waals surface area contributed by atoms with Gasteiger partial charge in [-0.15, -0.1) is 10.2 Å². The lowest BCUT2D eigenvalue weighted by molar-refractivity contribution is -0.113. The molecule has 0 aliphatic carbocycles. The normalized spacial score (nSPS) is 10.7. The second-order valence-electron chi connectivity index (χ2n) is 6.42. The predicted molar refractivity (Wildman–Crippen MR) is 109 cm³/mol. The lowest BCUT2D eigenvalue weighted by Gasteiger charge is -2.08. The van der Waals surface area contributed by atoms with Crippen molar-refractivity contribution in [3.63, 3.8) is 0 Å². The van der Waals surface area contributed by atoms with Crippen LogP contribution < -0.4 is 10.6 Å². The van der Waals surface area contributed by atoms with Crippen molar-refractivity contribution in [2.45, 2.75) is 18.6 Å². The Kier molecular flexibility index (Phi) is 6.78. The first-order chi connectivity index (χ1) is 14.3. The fourth-order valence-electron chi connectivity index (χ4n) is 2.57. The number of amides is 2. The molecule has 0 aliphatic rings. The number of anilines is 1. The minimum atomic E-state index is -0.608. The molecule has 3 rings (SSSR count). The number of hydrogen-bond acceptors (Lipinski definition) is 5. The van der Waals surface area contributed by atoms with Crippen LogP contribution in [0, 0.1) is 18.6 Å². The molecule has 0 radical (unpaired) electrons. The Bertz CT molecular complexity index is 1090. The van der Waals surface area contributed by atoms with Crippen molar-refractivity contribution < 1.29 is 18.4 Å². The Balaban J connectivity index is 1.55. The molecule has 10 heteroatoms. The molecule has 7 nitrogen and oxygen atoms in total. The number of hydrogen-bond donors (Lipinski definition) is 2. The zero-order valence-corrected chi connectivity index (χ0v) is 17.1. The van der Waals surface area contributed by atoms with Gasteiger partial charge in [0, 0.05) is 12.7 Å². The summed E-state index contributed by atoms with van der Waals surface area (Å²) in [7, 11) is 1.70. The average molecular weight is 431 g/mol. The number of carbonyl (C=O) groups excluding carboxylic acids is 2. The van der Waals surface area contributed by atoms with Gasteiger partial charge in [-0.3, -0.25) is 9.59 Å². The van der Waals surface area contributed by atoms with Crippen molar-refractivity contribution in [2.75, 3.05) is 11.1 Å². The number of rotatable bonds is 7. The average Bonchev–Trinajstić information content (AvgIpc) is 3.07. The van der Waals surface area contributed by atoms with Crippen LogP contribution in [0.5, 0.6) is 0 Å². The summed E-state index contributed by atoms with van der Waals surface area (Å²) < 4.78 is 28.6. The van der Waals surface area contributed by atoms with E-state index in [0.29, 0.717) is 16.7 Å². The molecule has 2 amide bonds. The molecule has 2 aromatic carbocycles. The third-order valence-electron chi connectivity index (χ3n) is 4.26. The monoisotopic (exact) mass is 431 g/mol. The van der Waals surface area contributed by atoms with E-state index in [4.69, 9.17) is 0 Å². The SMILES string of the molecule is Cc1ccc(F)cc1NC(=O)CSc1nnc(CNC(=O)c2ccccc2F)n1C. The van der Waals surface area contributed by atoms with E-state index in [9.17, 15) is 18.4 Å². The van der Waals surface area contributed by atoms with Crippen LogP contribution in [0.25, 0.3) is 0 Å². The van der Waals surface area contributed by atoms with E-state index in [1.165, 1.54) is 30.3 Å². The predicted octanol–water partition coefficient (Wildman–Crippen LogP) is 3.06. The van der Waals surface area contributed by atoms with Crippen molar-refractivity contribution in [3.05, 3.63) is 71.1 Å². The van der Waals surface area contributed by atoms with Crippen LogP contribution in [0.3, 0.4) is 0 Å². The summed E-state index contributed by atoms with van der Waals surface area (Å²) >= 11 is 1.15. The number of nitrogens with one attached hydrogen (secondary N) is 2. The topological polar surface area (TPSA) is 88.9 Å². The molecule has 0 aliphatic heterocycles. The first kappa shape index (κ1) is 21.4. The van der Waals surface area contributed by atoms with Crippen molar-refractivity contribution in [1.29, 1.82) is 0 Å². The largest absolute Gasteiger partial charge is 0.345 e. The lowest BCUT2D eigenvalue weighted by Crippen LogP contribution is -2.25. The van der Waals surface area contributed by atoms with E-state index in [2.05, 4.69) is 20.8 Å². The summed E-state index contributed by atoms with van der Waals surface area (Å²) in [6.45, 7) is 1.82. The Morgan fingerprint density at radius 3 is 2.67 bits per heavy atom. The minimum absolute atomic E-state index is 0.0452. The smallest absolute Gasteiger partial charge is 0.254 e. The number of benzene rings is 2. The quantitative estimate of drug-likeness (QED) is 0.562. The summed E-state index contributed by atoms with van der Waals surface area (Å²) in [5.74, 6) is -1.42. The van der Waals surface area contributed by atoms with Gasteiger partial charge in [0.15, 0.2) is 11.0 Å². The van der Waals surface area contributed by atoms with Crippen LogP contribution in [0.2, 0.25) is 0 Å². The van der Waals surface area contributed by atoms with E-state index in [-0.39, 0.29) is 23.8 Å². The second kappa shape index (κ2) is 9.49. The van der Waals surface area contributed by atoms with Gasteiger partial charge in [0.25, 0.3) is 5.91 Å². The third kappa shape index (κ3) is 5.20. The molecule has 30 heavy (non-hydrogen) atoms. The molecule has 0 saturated heterocycles. The molecule has 1 aromatic heterocycles. The second-order valence-corrected chi connectivity index (χ2v) is 7.36. The van der Waals surface area contributed by atoms with Gasteiger partial charge in [0.05, 0.1) is 17.9 Å². The Hall–Kier alpha value is -3.27. The Labute approximate surface area is 175 Å². The molecule has 156 valence electrons. The number of aromatic nitrogens is 3. The summed E-state index contributed by atoms with van der Waals surface area (Å²) in [6.07, 6.45) is 0. The van der Waals surface area contributed by atoms with Crippen LogP contribution in [-0.2, 0) is 18.4 Å². The van der Waals surface area contributed by atoms with Gasteiger partial charge in [-0.05, 0) is 36.8 Å². The molecule has 0 unspecified atom stereocenters. The van der Waals surface area contributed by atoms with Gasteiger partial charge in [-0.25, -0.2) is 8.78 Å². The first-order valence-corrected chi connectivity index (χ1v) is 9.93. The van der Waals surface area contributed by atoms with Gasteiger partial charge in [0.2, 0.25) is 5.91 Å². The van der Waals surface area contributed by atoms with Crippen molar-refractivity contribution in [2.24, 2.45) is 7.05 Å². The van der Waals surface area contributed by atoms with Crippen molar-refractivity contribution in [3.8, 4) is 0 Å². The van der Waals surface area contributed by atoms with Crippen molar-refractivity contribution in [1.82, 2.24) is 20.1 Å². The summed E-state index contributed by atoms with van der Waals surface area (Å²) in [4.78, 5) is 24.3. The lowest BCUT2D eigenvalue weighted by atomic mass is 10.2. The molecule has 0 atom stereocenters. The summed E-state index contributed by atoms with van der Waals surface area (Å²) in [5, 5.41) is 13.7. The van der Waals surface area contributed by atoms with Gasteiger partial charge >= 0.3 is 0 Å². The maximum atomic E-state index is 13.7. The highest BCUT2D eigenvalue weighted by molar-refractivity contribution is 7.99. The standard InChI is InChI=1S/C20H19F2N5O2S/c1-12-7-8-13(21)9-16(12)24-18(28)11-30-20-26-25-17(27(20)2)10-23-19(29)14-5-3-4-6-15(14)22/h3-9H,10-11H2,1-2H3,(H,23,29)(H,24,28). The van der Waals surface area contributed by atoms with E-state index in [1.54, 1.807) is 30.7 Å². The van der Waals surface area contributed by atoms with E-state index < -0.39 is 17.5 Å². The minimum Gasteiger partial charge on any atom is -0.345 e. The molecule has 0 bridgehead atoms. The summed E-state index contributed by atoms with van der Waals surface area (Å²) in [6, 6.07) is 9.85. The first-order valence-electron chi connectivity index (χ1n) is 8.95. The highest BCUT2D eigenvalue weighted by atomic mass is 32.2.